The number of hydrogen-bond acceptors (Lipinski definition) is 3. The molecule has 1 atom stereocenters. The van der Waals surface area contributed by atoms with E-state index in [1.165, 1.54) is 12.8 Å². The lowest BCUT2D eigenvalue weighted by atomic mass is 9.89. The van der Waals surface area contributed by atoms with E-state index in [2.05, 4.69) is 5.10 Å². The van der Waals surface area contributed by atoms with Gasteiger partial charge in [-0.2, -0.15) is 5.10 Å². The lowest BCUT2D eigenvalue weighted by Gasteiger charge is -2.38. The molecule has 0 bridgehead atoms. The molecule has 2 heterocycles. The Balaban J connectivity index is 1.89. The van der Waals surface area contributed by atoms with Gasteiger partial charge in [-0.3, -0.25) is 4.68 Å². The number of aromatic nitrogens is 2. The molecule has 3 rings (SSSR count). The van der Waals surface area contributed by atoms with Crippen molar-refractivity contribution in [3.05, 3.63) is 17.0 Å². The van der Waals surface area contributed by atoms with Crippen LogP contribution >= 0.6 is 0 Å². The Labute approximate surface area is 118 Å². The highest BCUT2D eigenvalue weighted by Crippen LogP contribution is 2.43. The molecule has 5 nitrogen and oxygen atoms in total. The summed E-state index contributed by atoms with van der Waals surface area (Å²) in [5.41, 5.74) is 1.77. The van der Waals surface area contributed by atoms with Crippen molar-refractivity contribution >= 4 is 5.97 Å². The second kappa shape index (κ2) is 4.88. The molecule has 0 amide bonds. The molecule has 1 aromatic rings. The van der Waals surface area contributed by atoms with E-state index in [0.29, 0.717) is 11.3 Å². The van der Waals surface area contributed by atoms with Crippen molar-refractivity contribution in [2.75, 3.05) is 6.61 Å². The van der Waals surface area contributed by atoms with Gasteiger partial charge in [0.15, 0.2) is 0 Å². The fourth-order valence-electron chi connectivity index (χ4n) is 3.91. The molecule has 1 N–H and O–H groups in total. The highest BCUT2D eigenvalue weighted by atomic mass is 16.5. The zero-order chi connectivity index (χ0) is 14.3. The van der Waals surface area contributed by atoms with Crippen LogP contribution < -0.4 is 0 Å². The van der Waals surface area contributed by atoms with Crippen molar-refractivity contribution in [3.63, 3.8) is 0 Å². The van der Waals surface area contributed by atoms with Gasteiger partial charge in [-0.05, 0) is 39.5 Å². The van der Waals surface area contributed by atoms with E-state index in [0.717, 1.165) is 38.0 Å². The Kier molecular flexibility index (Phi) is 3.32. The van der Waals surface area contributed by atoms with Gasteiger partial charge in [0.2, 0.25) is 0 Å². The number of aromatic carboxylic acids is 1. The normalized spacial score (nSPS) is 25.2. The van der Waals surface area contributed by atoms with Crippen LogP contribution in [0.15, 0.2) is 0 Å². The summed E-state index contributed by atoms with van der Waals surface area (Å²) < 4.78 is 7.98. The average Bonchev–Trinajstić information content (AvgIpc) is 2.95. The number of hydrogen-bond donors (Lipinski definition) is 1. The van der Waals surface area contributed by atoms with Crippen LogP contribution in [0.2, 0.25) is 0 Å². The third-order valence-corrected chi connectivity index (χ3v) is 4.87. The van der Waals surface area contributed by atoms with E-state index in [1.807, 2.05) is 11.6 Å². The number of carbonyl (C=O) groups is 1. The van der Waals surface area contributed by atoms with E-state index < -0.39 is 5.97 Å². The number of rotatable bonds is 2. The van der Waals surface area contributed by atoms with Crippen molar-refractivity contribution in [2.45, 2.75) is 64.0 Å². The first-order valence-electron chi connectivity index (χ1n) is 7.45. The molecule has 1 aromatic heterocycles. The second-order valence-electron chi connectivity index (χ2n) is 6.18. The SMILES string of the molecule is Cc1nn(C2CCOC3(CCCC3)C2)c(C)c1C(=O)O. The van der Waals surface area contributed by atoms with E-state index in [-0.39, 0.29) is 11.6 Å². The molecule has 1 unspecified atom stereocenters. The Hall–Kier alpha value is -1.36. The lowest BCUT2D eigenvalue weighted by molar-refractivity contribution is -0.0912. The standard InChI is InChI=1S/C15H22N2O3/c1-10-13(14(18)19)11(2)17(16-10)12-5-8-20-15(9-12)6-3-4-7-15/h12H,3-9H2,1-2H3,(H,18,19). The van der Waals surface area contributed by atoms with Crippen molar-refractivity contribution in [1.82, 2.24) is 9.78 Å². The summed E-state index contributed by atoms with van der Waals surface area (Å²) in [6, 6.07) is 0.272. The van der Waals surface area contributed by atoms with E-state index in [9.17, 15) is 9.90 Å². The van der Waals surface area contributed by atoms with Crippen molar-refractivity contribution in [3.8, 4) is 0 Å². The number of aryl methyl sites for hydroxylation is 1. The third-order valence-electron chi connectivity index (χ3n) is 4.87. The molecule has 2 aliphatic rings. The van der Waals surface area contributed by atoms with Crippen molar-refractivity contribution < 1.29 is 14.6 Å². The molecule has 0 aromatic carbocycles. The largest absolute Gasteiger partial charge is 0.478 e. The summed E-state index contributed by atoms with van der Waals surface area (Å²) in [5, 5.41) is 13.8. The van der Waals surface area contributed by atoms with Gasteiger partial charge in [-0.1, -0.05) is 12.8 Å². The molecule has 1 saturated heterocycles. The summed E-state index contributed by atoms with van der Waals surface area (Å²) in [5.74, 6) is -0.881. The summed E-state index contributed by atoms with van der Waals surface area (Å²) in [6.07, 6.45) is 6.63. The summed E-state index contributed by atoms with van der Waals surface area (Å²) in [7, 11) is 0. The topological polar surface area (TPSA) is 64.4 Å². The summed E-state index contributed by atoms with van der Waals surface area (Å²) in [4.78, 5) is 11.3. The molecule has 5 heteroatoms. The predicted molar refractivity (Wildman–Crippen MR) is 74.1 cm³/mol. The Bertz CT molecular complexity index is 529. The number of carboxylic acid groups (broad SMARTS) is 1. The minimum absolute atomic E-state index is 0.0264. The number of nitrogens with zero attached hydrogens (tertiary/aromatic N) is 2. The van der Waals surface area contributed by atoms with Crippen LogP contribution in [-0.4, -0.2) is 33.1 Å². The maximum Gasteiger partial charge on any atom is 0.339 e. The quantitative estimate of drug-likeness (QED) is 0.903. The minimum Gasteiger partial charge on any atom is -0.478 e. The first-order valence-corrected chi connectivity index (χ1v) is 7.45. The van der Waals surface area contributed by atoms with Crippen LogP contribution in [0.25, 0.3) is 0 Å². The Morgan fingerprint density at radius 3 is 2.70 bits per heavy atom. The lowest BCUT2D eigenvalue weighted by Crippen LogP contribution is -2.38. The monoisotopic (exact) mass is 278 g/mol. The van der Waals surface area contributed by atoms with Gasteiger partial charge in [0.1, 0.15) is 5.56 Å². The van der Waals surface area contributed by atoms with Gasteiger partial charge in [0.05, 0.1) is 23.0 Å². The van der Waals surface area contributed by atoms with Gasteiger partial charge >= 0.3 is 5.97 Å². The Morgan fingerprint density at radius 1 is 1.40 bits per heavy atom. The first-order chi connectivity index (χ1) is 9.52. The number of ether oxygens (including phenoxy) is 1. The highest BCUT2D eigenvalue weighted by Gasteiger charge is 2.41. The Morgan fingerprint density at radius 2 is 2.10 bits per heavy atom. The molecular weight excluding hydrogens is 256 g/mol. The van der Waals surface area contributed by atoms with Crippen LogP contribution in [0.5, 0.6) is 0 Å². The molecule has 1 saturated carbocycles. The van der Waals surface area contributed by atoms with Crippen LogP contribution in [0, 0.1) is 13.8 Å². The zero-order valence-corrected chi connectivity index (χ0v) is 12.2. The maximum atomic E-state index is 11.3. The molecule has 110 valence electrons. The molecule has 2 fully saturated rings. The summed E-state index contributed by atoms with van der Waals surface area (Å²) in [6.45, 7) is 4.39. The van der Waals surface area contributed by atoms with Crippen molar-refractivity contribution in [2.24, 2.45) is 0 Å². The van der Waals surface area contributed by atoms with Crippen LogP contribution in [0.1, 0.15) is 66.3 Å². The molecule has 20 heavy (non-hydrogen) atoms. The number of carboxylic acids is 1. The minimum atomic E-state index is -0.881. The fraction of sp³-hybridized carbons (Fsp3) is 0.733. The fourth-order valence-corrected chi connectivity index (χ4v) is 3.91. The molecule has 1 aliphatic carbocycles. The van der Waals surface area contributed by atoms with E-state index in [4.69, 9.17) is 4.74 Å². The highest BCUT2D eigenvalue weighted by molar-refractivity contribution is 5.90. The predicted octanol–water partition coefficient (Wildman–Crippen LogP) is 2.86. The van der Waals surface area contributed by atoms with Gasteiger partial charge in [0.25, 0.3) is 0 Å². The zero-order valence-electron chi connectivity index (χ0n) is 12.2. The molecule has 1 spiro atoms. The molecular formula is C15H22N2O3. The maximum absolute atomic E-state index is 11.3. The molecule has 1 aliphatic heterocycles. The average molecular weight is 278 g/mol. The molecule has 0 radical (unpaired) electrons. The van der Waals surface area contributed by atoms with Gasteiger partial charge in [0, 0.05) is 6.61 Å². The first kappa shape index (κ1) is 13.6. The van der Waals surface area contributed by atoms with Gasteiger partial charge in [-0.25, -0.2) is 4.79 Å². The smallest absolute Gasteiger partial charge is 0.339 e. The van der Waals surface area contributed by atoms with Crippen LogP contribution in [0.3, 0.4) is 0 Å². The summed E-state index contributed by atoms with van der Waals surface area (Å²) >= 11 is 0. The van der Waals surface area contributed by atoms with E-state index >= 15 is 0 Å². The van der Waals surface area contributed by atoms with Crippen LogP contribution in [-0.2, 0) is 4.74 Å². The second-order valence-corrected chi connectivity index (χ2v) is 6.18. The van der Waals surface area contributed by atoms with Gasteiger partial charge in [-0.15, -0.1) is 0 Å². The third kappa shape index (κ3) is 2.14. The van der Waals surface area contributed by atoms with Crippen molar-refractivity contribution in [1.29, 1.82) is 0 Å². The van der Waals surface area contributed by atoms with Crippen LogP contribution in [0.4, 0.5) is 0 Å². The van der Waals surface area contributed by atoms with E-state index in [1.54, 1.807) is 6.92 Å². The van der Waals surface area contributed by atoms with Gasteiger partial charge < -0.3 is 9.84 Å².